The van der Waals surface area contributed by atoms with Crippen molar-refractivity contribution < 1.29 is 14.3 Å². The molecule has 0 radical (unpaired) electrons. The smallest absolute Gasteiger partial charge is 0.257 e. The second-order valence-corrected chi connectivity index (χ2v) is 11.3. The van der Waals surface area contributed by atoms with E-state index in [1.807, 2.05) is 68.4 Å². The summed E-state index contributed by atoms with van der Waals surface area (Å²) in [6.45, 7) is 6.17. The van der Waals surface area contributed by atoms with Gasteiger partial charge >= 0.3 is 0 Å². The third kappa shape index (κ3) is 5.29. The van der Waals surface area contributed by atoms with Gasteiger partial charge in [-0.1, -0.05) is 38.0 Å². The molecule has 2 heterocycles. The van der Waals surface area contributed by atoms with Crippen LogP contribution in [0.3, 0.4) is 0 Å². The van der Waals surface area contributed by atoms with Crippen molar-refractivity contribution in [1.82, 2.24) is 4.98 Å². The van der Waals surface area contributed by atoms with Crippen molar-refractivity contribution >= 4 is 39.1 Å². The Bertz CT molecular complexity index is 1490. The number of rotatable bonds is 8. The van der Waals surface area contributed by atoms with Crippen LogP contribution in [0, 0.1) is 5.92 Å². The molecule has 5 rings (SSSR count). The molecular formula is C31H33N3O3S. The quantitative estimate of drug-likeness (QED) is 0.258. The third-order valence-corrected chi connectivity index (χ3v) is 8.19. The second-order valence-electron chi connectivity index (χ2n) is 10.2. The number of carbonyl (C=O) groups is 2. The highest BCUT2D eigenvalue weighted by Crippen LogP contribution is 2.41. The lowest BCUT2D eigenvalue weighted by atomic mass is 9.84. The van der Waals surface area contributed by atoms with Gasteiger partial charge in [0.05, 0.1) is 28.4 Å². The van der Waals surface area contributed by atoms with Gasteiger partial charge in [0.1, 0.15) is 10.8 Å². The summed E-state index contributed by atoms with van der Waals surface area (Å²) in [6.07, 6.45) is 5.20. The number of para-hydroxylation sites is 1. The number of primary amides is 1. The van der Waals surface area contributed by atoms with Gasteiger partial charge in [-0.3, -0.25) is 9.59 Å². The number of pyridine rings is 1. The molecule has 4 aromatic rings. The van der Waals surface area contributed by atoms with Crippen LogP contribution in [0.5, 0.6) is 5.75 Å². The predicted octanol–water partition coefficient (Wildman–Crippen LogP) is 7.01. The first kappa shape index (κ1) is 25.9. The largest absolute Gasteiger partial charge is 0.491 e. The van der Waals surface area contributed by atoms with Crippen molar-refractivity contribution in [3.8, 4) is 17.0 Å². The number of nitrogens with one attached hydrogen (secondary N) is 1. The summed E-state index contributed by atoms with van der Waals surface area (Å²) < 4.78 is 5.77. The molecule has 0 bridgehead atoms. The predicted molar refractivity (Wildman–Crippen MR) is 154 cm³/mol. The number of hydrogen-bond acceptors (Lipinski definition) is 5. The first-order chi connectivity index (χ1) is 18.3. The SMILES string of the molecule is CCC[C@@H]1CCc2c(sc(NC(=O)c3cc(-c4ccc(OC(C)C)cc4)nc4ccccc34)c2C(N)=O)C1. The summed E-state index contributed by atoms with van der Waals surface area (Å²) >= 11 is 1.49. The zero-order valence-electron chi connectivity index (χ0n) is 22.0. The van der Waals surface area contributed by atoms with Gasteiger partial charge < -0.3 is 15.8 Å². The van der Waals surface area contributed by atoms with Crippen LogP contribution in [-0.4, -0.2) is 22.9 Å². The van der Waals surface area contributed by atoms with Crippen molar-refractivity contribution in [2.75, 3.05) is 5.32 Å². The van der Waals surface area contributed by atoms with Crippen molar-refractivity contribution in [3.05, 3.63) is 76.2 Å². The number of fused-ring (bicyclic) bond motifs is 2. The van der Waals surface area contributed by atoms with E-state index < -0.39 is 5.91 Å². The highest BCUT2D eigenvalue weighted by Gasteiger charge is 2.29. The van der Waals surface area contributed by atoms with Crippen molar-refractivity contribution in [1.29, 1.82) is 0 Å². The highest BCUT2D eigenvalue weighted by atomic mass is 32.1. The normalized spacial score (nSPS) is 14.9. The number of nitrogens with two attached hydrogens (primary N) is 1. The second kappa shape index (κ2) is 11.0. The number of thiophene rings is 1. The molecule has 1 atom stereocenters. The fourth-order valence-corrected chi connectivity index (χ4v) is 6.68. The van der Waals surface area contributed by atoms with Crippen molar-refractivity contribution in [2.24, 2.45) is 11.7 Å². The summed E-state index contributed by atoms with van der Waals surface area (Å²) in [5.41, 5.74) is 10.1. The van der Waals surface area contributed by atoms with Crippen LogP contribution in [0.1, 0.15) is 71.2 Å². The molecular weight excluding hydrogens is 494 g/mol. The Morgan fingerprint density at radius 1 is 1.16 bits per heavy atom. The van der Waals surface area contributed by atoms with E-state index in [2.05, 4.69) is 12.2 Å². The maximum atomic E-state index is 13.7. The first-order valence-corrected chi connectivity index (χ1v) is 14.1. The van der Waals surface area contributed by atoms with Gasteiger partial charge in [-0.2, -0.15) is 0 Å². The zero-order valence-corrected chi connectivity index (χ0v) is 22.9. The average Bonchev–Trinajstić information content (AvgIpc) is 3.25. The number of carbonyl (C=O) groups excluding carboxylic acids is 2. The summed E-state index contributed by atoms with van der Waals surface area (Å²) in [4.78, 5) is 32.2. The lowest BCUT2D eigenvalue weighted by Crippen LogP contribution is -2.20. The van der Waals surface area contributed by atoms with Crippen LogP contribution in [0.4, 0.5) is 5.00 Å². The summed E-state index contributed by atoms with van der Waals surface area (Å²) in [5, 5.41) is 4.34. The molecule has 6 nitrogen and oxygen atoms in total. The van der Waals surface area contributed by atoms with E-state index >= 15 is 0 Å². The molecule has 0 unspecified atom stereocenters. The number of hydrogen-bond donors (Lipinski definition) is 2. The van der Waals surface area contributed by atoms with Gasteiger partial charge in [-0.25, -0.2) is 4.98 Å². The maximum Gasteiger partial charge on any atom is 0.257 e. The maximum absolute atomic E-state index is 13.7. The summed E-state index contributed by atoms with van der Waals surface area (Å²) in [5.74, 6) is 0.621. The molecule has 1 aliphatic carbocycles. The van der Waals surface area contributed by atoms with E-state index in [0.717, 1.165) is 53.5 Å². The minimum absolute atomic E-state index is 0.0840. The van der Waals surface area contributed by atoms with Gasteiger partial charge in [0.15, 0.2) is 0 Å². The number of nitrogens with zero attached hydrogens (tertiary/aromatic N) is 1. The standard InChI is InChI=1S/C31H33N3O3S/c1-4-7-19-10-15-23-27(16-19)38-31(28(23)29(32)35)34-30(36)24-17-26(33-25-9-6-5-8-22(24)25)20-11-13-21(14-12-20)37-18(2)3/h5-6,8-9,11-14,17-19H,4,7,10,15-16H2,1-3H3,(H2,32,35)(H,34,36)/t19-/m1/s1. The van der Waals surface area contributed by atoms with E-state index in [9.17, 15) is 9.59 Å². The molecule has 0 saturated heterocycles. The molecule has 1 aliphatic rings. The summed E-state index contributed by atoms with van der Waals surface area (Å²) in [6, 6.07) is 17.1. The lowest BCUT2D eigenvalue weighted by molar-refractivity contribution is 0.1000. The molecule has 7 heteroatoms. The van der Waals surface area contributed by atoms with E-state index in [1.165, 1.54) is 22.6 Å². The monoisotopic (exact) mass is 527 g/mol. The van der Waals surface area contributed by atoms with E-state index in [4.69, 9.17) is 15.5 Å². The number of benzene rings is 2. The van der Waals surface area contributed by atoms with E-state index in [0.29, 0.717) is 27.7 Å². The molecule has 0 spiro atoms. The fraction of sp³-hybridized carbons (Fsp3) is 0.323. The molecule has 0 saturated carbocycles. The molecule has 2 aromatic carbocycles. The minimum Gasteiger partial charge on any atom is -0.491 e. The minimum atomic E-state index is -0.490. The van der Waals surface area contributed by atoms with E-state index in [1.54, 1.807) is 0 Å². The Labute approximate surface area is 227 Å². The van der Waals surface area contributed by atoms with Crippen LogP contribution < -0.4 is 15.8 Å². The van der Waals surface area contributed by atoms with Gasteiger partial charge in [0, 0.05) is 15.8 Å². The lowest BCUT2D eigenvalue weighted by Gasteiger charge is -2.21. The van der Waals surface area contributed by atoms with Gasteiger partial charge in [-0.05, 0) is 81.0 Å². The van der Waals surface area contributed by atoms with Crippen LogP contribution in [0.25, 0.3) is 22.2 Å². The van der Waals surface area contributed by atoms with Crippen LogP contribution in [-0.2, 0) is 12.8 Å². The Kier molecular flexibility index (Phi) is 7.47. The first-order valence-electron chi connectivity index (χ1n) is 13.3. The molecule has 38 heavy (non-hydrogen) atoms. The number of ether oxygens (including phenoxy) is 1. The molecule has 0 aliphatic heterocycles. The number of aromatic nitrogens is 1. The Morgan fingerprint density at radius 3 is 2.63 bits per heavy atom. The van der Waals surface area contributed by atoms with E-state index in [-0.39, 0.29) is 12.0 Å². The highest BCUT2D eigenvalue weighted by molar-refractivity contribution is 7.17. The Hall–Kier alpha value is -3.71. The third-order valence-electron chi connectivity index (χ3n) is 7.02. The molecule has 2 aromatic heterocycles. The van der Waals surface area contributed by atoms with Crippen molar-refractivity contribution in [3.63, 3.8) is 0 Å². The fourth-order valence-electron chi connectivity index (χ4n) is 5.32. The van der Waals surface area contributed by atoms with Gasteiger partial charge in [0.2, 0.25) is 0 Å². The molecule has 196 valence electrons. The van der Waals surface area contributed by atoms with Gasteiger partial charge in [-0.15, -0.1) is 11.3 Å². The summed E-state index contributed by atoms with van der Waals surface area (Å²) in [7, 11) is 0. The number of anilines is 1. The molecule has 3 N–H and O–H groups in total. The van der Waals surface area contributed by atoms with Gasteiger partial charge in [0.25, 0.3) is 11.8 Å². The average molecular weight is 528 g/mol. The molecule has 0 fully saturated rings. The van der Waals surface area contributed by atoms with Crippen molar-refractivity contribution in [2.45, 2.75) is 59.0 Å². The van der Waals surface area contributed by atoms with Crippen LogP contribution in [0.15, 0.2) is 54.6 Å². The topological polar surface area (TPSA) is 94.3 Å². The number of amides is 2. The Balaban J connectivity index is 1.50. The van der Waals surface area contributed by atoms with Crippen LogP contribution in [0.2, 0.25) is 0 Å². The molecule has 2 amide bonds. The van der Waals surface area contributed by atoms with Crippen LogP contribution >= 0.6 is 11.3 Å². The zero-order chi connectivity index (χ0) is 26.8. The Morgan fingerprint density at radius 2 is 1.92 bits per heavy atom.